The van der Waals surface area contributed by atoms with Gasteiger partial charge < -0.3 is 0 Å². The second-order valence-corrected chi connectivity index (χ2v) is 6.48. The summed E-state index contributed by atoms with van der Waals surface area (Å²) in [6.07, 6.45) is 6.15. The molecule has 0 radical (unpaired) electrons. The fraction of sp³-hybridized carbons (Fsp3) is 0.211. The summed E-state index contributed by atoms with van der Waals surface area (Å²) in [5.74, 6) is 0.430. The maximum atomic E-state index is 14.0. The second-order valence-electron chi connectivity index (χ2n) is 6.07. The van der Waals surface area contributed by atoms with E-state index in [0.29, 0.717) is 29.5 Å². The van der Waals surface area contributed by atoms with Crippen molar-refractivity contribution in [1.29, 1.82) is 0 Å². The van der Waals surface area contributed by atoms with Gasteiger partial charge >= 0.3 is 0 Å². The molecule has 0 atom stereocenters. The zero-order valence-electron chi connectivity index (χ0n) is 13.5. The lowest BCUT2D eigenvalue weighted by Gasteiger charge is -2.28. The molecule has 4 rings (SSSR count). The molecule has 0 fully saturated rings. The van der Waals surface area contributed by atoms with Gasteiger partial charge in [0.05, 0.1) is 5.69 Å². The predicted octanol–water partition coefficient (Wildman–Crippen LogP) is 3.89. The Labute approximate surface area is 150 Å². The fourth-order valence-corrected chi connectivity index (χ4v) is 3.27. The van der Waals surface area contributed by atoms with Crippen LogP contribution in [-0.4, -0.2) is 26.4 Å². The number of aromatic nitrogens is 3. The highest BCUT2D eigenvalue weighted by Gasteiger charge is 2.20. The minimum atomic E-state index is -0.263. The average molecular weight is 355 g/mol. The van der Waals surface area contributed by atoms with Crippen molar-refractivity contribution in [1.82, 2.24) is 19.9 Å². The van der Waals surface area contributed by atoms with E-state index in [1.54, 1.807) is 24.5 Å². The lowest BCUT2D eigenvalue weighted by molar-refractivity contribution is 0.239. The molecular formula is C19H16ClFN4. The van der Waals surface area contributed by atoms with Crippen molar-refractivity contribution in [2.75, 3.05) is 6.54 Å². The van der Waals surface area contributed by atoms with Crippen LogP contribution in [0.4, 0.5) is 4.39 Å². The summed E-state index contributed by atoms with van der Waals surface area (Å²) in [4.78, 5) is 15.4. The number of nitrogens with zero attached hydrogens (tertiary/aromatic N) is 4. The molecule has 4 nitrogen and oxygen atoms in total. The Hall–Kier alpha value is -2.37. The summed E-state index contributed by atoms with van der Waals surface area (Å²) >= 11 is 6.14. The molecule has 126 valence electrons. The van der Waals surface area contributed by atoms with E-state index in [0.717, 1.165) is 29.8 Å². The molecule has 1 aliphatic rings. The van der Waals surface area contributed by atoms with Gasteiger partial charge in [0.25, 0.3) is 0 Å². The van der Waals surface area contributed by atoms with Crippen LogP contribution >= 0.6 is 11.6 Å². The van der Waals surface area contributed by atoms with Gasteiger partial charge in [-0.1, -0.05) is 17.7 Å². The third kappa shape index (κ3) is 3.38. The first kappa shape index (κ1) is 16.1. The molecule has 0 saturated carbocycles. The lowest BCUT2D eigenvalue weighted by atomic mass is 10.1. The molecule has 0 N–H and O–H groups in total. The van der Waals surface area contributed by atoms with Gasteiger partial charge in [0.15, 0.2) is 5.82 Å². The maximum Gasteiger partial charge on any atom is 0.160 e. The van der Waals surface area contributed by atoms with Crippen molar-refractivity contribution < 1.29 is 4.39 Å². The van der Waals surface area contributed by atoms with Crippen molar-refractivity contribution in [3.8, 4) is 11.4 Å². The summed E-state index contributed by atoms with van der Waals surface area (Å²) < 4.78 is 14.0. The Kier molecular flexibility index (Phi) is 4.42. The van der Waals surface area contributed by atoms with Crippen molar-refractivity contribution in [2.45, 2.75) is 19.5 Å². The minimum Gasteiger partial charge on any atom is -0.294 e. The highest BCUT2D eigenvalue weighted by Crippen LogP contribution is 2.25. The van der Waals surface area contributed by atoms with E-state index in [1.165, 1.54) is 6.07 Å². The highest BCUT2D eigenvalue weighted by atomic mass is 35.5. The van der Waals surface area contributed by atoms with Crippen LogP contribution in [0.3, 0.4) is 0 Å². The second kappa shape index (κ2) is 6.86. The van der Waals surface area contributed by atoms with E-state index < -0.39 is 0 Å². The Morgan fingerprint density at radius 3 is 2.88 bits per heavy atom. The Morgan fingerprint density at radius 1 is 1.16 bits per heavy atom. The number of pyridine rings is 1. The lowest BCUT2D eigenvalue weighted by Crippen LogP contribution is -2.31. The largest absolute Gasteiger partial charge is 0.294 e. The highest BCUT2D eigenvalue weighted by molar-refractivity contribution is 6.31. The monoisotopic (exact) mass is 354 g/mol. The van der Waals surface area contributed by atoms with Gasteiger partial charge in [-0.05, 0) is 24.3 Å². The van der Waals surface area contributed by atoms with Crippen LogP contribution < -0.4 is 0 Å². The van der Waals surface area contributed by atoms with Gasteiger partial charge in [0.2, 0.25) is 0 Å². The molecule has 0 spiro atoms. The van der Waals surface area contributed by atoms with Crippen molar-refractivity contribution in [2.24, 2.45) is 0 Å². The van der Waals surface area contributed by atoms with Gasteiger partial charge in [-0.2, -0.15) is 0 Å². The third-order valence-corrected chi connectivity index (χ3v) is 4.73. The van der Waals surface area contributed by atoms with E-state index >= 15 is 0 Å². The SMILES string of the molecule is Fc1cccc(Cl)c1CN1CCc2nc(-c3cccnc3)ncc2C1. The van der Waals surface area contributed by atoms with Crippen LogP contribution in [0.25, 0.3) is 11.4 Å². The summed E-state index contributed by atoms with van der Waals surface area (Å²) in [5, 5.41) is 0.467. The van der Waals surface area contributed by atoms with E-state index in [9.17, 15) is 4.39 Å². The molecule has 3 aromatic rings. The third-order valence-electron chi connectivity index (χ3n) is 4.38. The standard InChI is InChI=1S/C19H16ClFN4/c20-16-4-1-5-17(21)15(16)12-25-8-6-18-14(11-25)10-23-19(24-18)13-3-2-7-22-9-13/h1-5,7,9-10H,6,8,11-12H2. The number of rotatable bonds is 3. The number of hydrogen-bond donors (Lipinski definition) is 0. The smallest absolute Gasteiger partial charge is 0.160 e. The Morgan fingerprint density at radius 2 is 2.08 bits per heavy atom. The first-order valence-corrected chi connectivity index (χ1v) is 8.49. The molecule has 0 saturated heterocycles. The molecule has 2 aromatic heterocycles. The molecule has 1 aromatic carbocycles. The number of halogens is 2. The van der Waals surface area contributed by atoms with Crippen LogP contribution in [-0.2, 0) is 19.5 Å². The first-order valence-electron chi connectivity index (χ1n) is 8.11. The molecule has 0 unspecified atom stereocenters. The number of benzene rings is 1. The van der Waals surface area contributed by atoms with E-state index in [-0.39, 0.29) is 5.82 Å². The zero-order chi connectivity index (χ0) is 17.2. The van der Waals surface area contributed by atoms with Crippen LogP contribution in [0, 0.1) is 5.82 Å². The van der Waals surface area contributed by atoms with Crippen LogP contribution in [0.2, 0.25) is 5.02 Å². The zero-order valence-corrected chi connectivity index (χ0v) is 14.2. The predicted molar refractivity (Wildman–Crippen MR) is 94.5 cm³/mol. The van der Waals surface area contributed by atoms with Crippen LogP contribution in [0.15, 0.2) is 48.9 Å². The molecule has 25 heavy (non-hydrogen) atoms. The van der Waals surface area contributed by atoms with E-state index in [1.807, 2.05) is 18.3 Å². The molecule has 0 aliphatic carbocycles. The van der Waals surface area contributed by atoms with E-state index in [2.05, 4.69) is 19.9 Å². The Balaban J connectivity index is 1.54. The fourth-order valence-electron chi connectivity index (χ4n) is 3.05. The molecular weight excluding hydrogens is 339 g/mol. The van der Waals surface area contributed by atoms with E-state index in [4.69, 9.17) is 11.6 Å². The molecule has 6 heteroatoms. The molecule has 1 aliphatic heterocycles. The summed E-state index contributed by atoms with van der Waals surface area (Å²) in [7, 11) is 0. The minimum absolute atomic E-state index is 0.263. The van der Waals surface area contributed by atoms with Gasteiger partial charge in [0, 0.05) is 66.4 Å². The summed E-state index contributed by atoms with van der Waals surface area (Å²) in [6, 6.07) is 8.62. The molecule has 0 amide bonds. The van der Waals surface area contributed by atoms with Gasteiger partial charge in [0.1, 0.15) is 5.82 Å². The quantitative estimate of drug-likeness (QED) is 0.715. The average Bonchev–Trinajstić information content (AvgIpc) is 2.65. The maximum absolute atomic E-state index is 14.0. The van der Waals surface area contributed by atoms with Crippen molar-refractivity contribution in [3.63, 3.8) is 0 Å². The Bertz CT molecular complexity index is 881. The normalized spacial score (nSPS) is 14.3. The summed E-state index contributed by atoms with van der Waals surface area (Å²) in [6.45, 7) is 1.98. The van der Waals surface area contributed by atoms with Crippen molar-refractivity contribution in [3.05, 3.63) is 76.6 Å². The molecule has 0 bridgehead atoms. The van der Waals surface area contributed by atoms with Crippen LogP contribution in [0.5, 0.6) is 0 Å². The molecule has 3 heterocycles. The van der Waals surface area contributed by atoms with Gasteiger partial charge in [-0.15, -0.1) is 0 Å². The van der Waals surface area contributed by atoms with Crippen LogP contribution in [0.1, 0.15) is 16.8 Å². The summed E-state index contributed by atoms with van der Waals surface area (Å²) in [5.41, 5.74) is 3.57. The first-order chi connectivity index (χ1) is 12.2. The number of fused-ring (bicyclic) bond motifs is 1. The van der Waals surface area contributed by atoms with Crippen molar-refractivity contribution >= 4 is 11.6 Å². The number of hydrogen-bond acceptors (Lipinski definition) is 4. The topological polar surface area (TPSA) is 41.9 Å². The van der Waals surface area contributed by atoms with Gasteiger partial charge in [-0.3, -0.25) is 9.88 Å². The van der Waals surface area contributed by atoms with Gasteiger partial charge in [-0.25, -0.2) is 14.4 Å².